The largest absolute Gasteiger partial charge is 0.394 e. The molecule has 156 valence electrons. The number of benzene rings is 2. The van der Waals surface area contributed by atoms with E-state index in [0.29, 0.717) is 16.7 Å². The van der Waals surface area contributed by atoms with E-state index in [1.807, 2.05) is 56.3 Å². The molecule has 3 N–H and O–H groups in total. The van der Waals surface area contributed by atoms with E-state index in [1.165, 1.54) is 0 Å². The molecule has 0 spiro atoms. The van der Waals surface area contributed by atoms with Gasteiger partial charge in [-0.25, -0.2) is 4.21 Å². The minimum absolute atomic E-state index is 0.0781. The van der Waals surface area contributed by atoms with E-state index in [0.717, 1.165) is 22.4 Å². The summed E-state index contributed by atoms with van der Waals surface area (Å²) in [6.07, 6.45) is 1.62. The lowest BCUT2D eigenvalue weighted by molar-refractivity contribution is 0.0916. The van der Waals surface area contributed by atoms with Gasteiger partial charge in [0.05, 0.1) is 18.4 Å². The van der Waals surface area contributed by atoms with Crippen LogP contribution in [0.2, 0.25) is 0 Å². The molecule has 0 radical (unpaired) electrons. The first-order chi connectivity index (χ1) is 14.4. The van der Waals surface area contributed by atoms with Crippen molar-refractivity contribution < 1.29 is 18.7 Å². The second-order valence-corrected chi connectivity index (χ2v) is 8.12. The first kappa shape index (κ1) is 21.8. The molecule has 3 aromatic rings. The van der Waals surface area contributed by atoms with E-state index in [-0.39, 0.29) is 18.3 Å². The summed E-state index contributed by atoms with van der Waals surface area (Å²) < 4.78 is 20.7. The van der Waals surface area contributed by atoms with Crippen LogP contribution in [0.5, 0.6) is 0 Å². The summed E-state index contributed by atoms with van der Waals surface area (Å²) >= 11 is -2.03. The number of pyridine rings is 1. The van der Waals surface area contributed by atoms with Gasteiger partial charge in [0.15, 0.2) is 11.1 Å². The van der Waals surface area contributed by atoms with E-state index in [1.54, 1.807) is 18.3 Å². The highest BCUT2D eigenvalue weighted by Crippen LogP contribution is 2.24. The number of carbonyl (C=O) groups excluding carboxylic acids is 1. The molecular weight excluding hydrogens is 400 g/mol. The number of rotatable bonds is 7. The van der Waals surface area contributed by atoms with Crippen molar-refractivity contribution in [1.29, 1.82) is 0 Å². The molecule has 0 saturated carbocycles. The Morgan fingerprint density at radius 2 is 1.80 bits per heavy atom. The molecule has 6 nitrogen and oxygen atoms in total. The third-order valence-electron chi connectivity index (χ3n) is 4.75. The fourth-order valence-electron chi connectivity index (χ4n) is 3.12. The van der Waals surface area contributed by atoms with Crippen molar-refractivity contribution in [1.82, 2.24) is 10.3 Å². The Morgan fingerprint density at radius 1 is 1.07 bits per heavy atom. The molecule has 0 aliphatic rings. The molecule has 0 bridgehead atoms. The lowest BCUT2D eigenvalue weighted by Gasteiger charge is -2.17. The third kappa shape index (κ3) is 5.60. The molecule has 3 rings (SSSR count). The zero-order valence-corrected chi connectivity index (χ0v) is 17.6. The number of aryl methyl sites for hydroxylation is 2. The number of aromatic nitrogens is 1. The van der Waals surface area contributed by atoms with Crippen LogP contribution in [0, 0.1) is 13.8 Å². The summed E-state index contributed by atoms with van der Waals surface area (Å²) in [4.78, 5) is 17.2. The minimum atomic E-state index is -2.03. The van der Waals surface area contributed by atoms with Crippen LogP contribution in [-0.4, -0.2) is 31.4 Å². The first-order valence-electron chi connectivity index (χ1n) is 9.48. The Kier molecular flexibility index (Phi) is 7.10. The number of amides is 1. The molecule has 0 fully saturated rings. The molecule has 7 heteroatoms. The molecule has 1 unspecified atom stereocenters. The molecular formula is C23H24N2O4S. The molecule has 1 amide bonds. The van der Waals surface area contributed by atoms with Gasteiger partial charge in [-0.1, -0.05) is 42.0 Å². The van der Waals surface area contributed by atoms with Crippen LogP contribution < -0.4 is 5.32 Å². The van der Waals surface area contributed by atoms with Crippen LogP contribution in [0.4, 0.5) is 0 Å². The highest BCUT2D eigenvalue weighted by Gasteiger charge is 2.17. The minimum Gasteiger partial charge on any atom is -0.394 e. The molecule has 0 saturated heterocycles. The molecule has 30 heavy (non-hydrogen) atoms. The summed E-state index contributed by atoms with van der Waals surface area (Å²) in [6.45, 7) is 3.57. The maximum absolute atomic E-state index is 12.9. The third-order valence-corrected chi connectivity index (χ3v) is 5.33. The average molecular weight is 425 g/mol. The number of hydrogen-bond acceptors (Lipinski definition) is 4. The molecule has 0 aliphatic carbocycles. The molecule has 1 aromatic heterocycles. The fraction of sp³-hybridized carbons (Fsp3) is 0.217. The maximum Gasteiger partial charge on any atom is 0.251 e. The Morgan fingerprint density at radius 3 is 2.40 bits per heavy atom. The summed E-state index contributed by atoms with van der Waals surface area (Å²) in [7, 11) is 0. The normalized spacial score (nSPS) is 12.9. The number of aliphatic hydroxyl groups excluding tert-OH is 1. The number of hydrogen-bond donors (Lipinski definition) is 3. The van der Waals surface area contributed by atoms with Gasteiger partial charge in [0, 0.05) is 17.5 Å². The molecule has 1 heterocycles. The zero-order chi connectivity index (χ0) is 21.7. The lowest BCUT2D eigenvalue weighted by Crippen LogP contribution is -2.31. The molecule has 2 aromatic carbocycles. The topological polar surface area (TPSA) is 99.5 Å². The standard InChI is InChI=1S/C23H24N2O4S/c1-15-3-6-18(7-4-15)20-9-17(14-30(28)29)10-21(11-20)23(27)25-22(13-26)19-8-5-16(2)24-12-19/h3-12,22,26H,13-14H2,1-2H3,(H,25,27)(H,28,29)/t22-/m1/s1. The van der Waals surface area contributed by atoms with Crippen LogP contribution in [0.25, 0.3) is 11.1 Å². The van der Waals surface area contributed by atoms with Gasteiger partial charge in [0.2, 0.25) is 0 Å². The van der Waals surface area contributed by atoms with Crippen LogP contribution in [0.3, 0.4) is 0 Å². The Balaban J connectivity index is 1.93. The SMILES string of the molecule is Cc1ccc(-c2cc(CS(=O)O)cc(C(=O)N[C@H](CO)c3ccc(C)nc3)c2)cc1. The molecule has 2 atom stereocenters. The Labute approximate surface area is 178 Å². The van der Waals surface area contributed by atoms with E-state index in [2.05, 4.69) is 10.3 Å². The predicted molar refractivity (Wildman–Crippen MR) is 117 cm³/mol. The van der Waals surface area contributed by atoms with Crippen molar-refractivity contribution in [3.8, 4) is 11.1 Å². The van der Waals surface area contributed by atoms with E-state index < -0.39 is 17.1 Å². The summed E-state index contributed by atoms with van der Waals surface area (Å²) in [6, 6.07) is 16.0. The maximum atomic E-state index is 12.9. The number of aliphatic hydroxyl groups is 1. The quantitative estimate of drug-likeness (QED) is 0.504. The summed E-state index contributed by atoms with van der Waals surface area (Å²) in [5.41, 5.74) is 5.27. The van der Waals surface area contributed by atoms with Gasteiger partial charge >= 0.3 is 0 Å². The second kappa shape index (κ2) is 9.75. The van der Waals surface area contributed by atoms with Crippen molar-refractivity contribution in [3.05, 3.63) is 88.7 Å². The van der Waals surface area contributed by atoms with Crippen LogP contribution in [0.1, 0.15) is 38.8 Å². The fourth-order valence-corrected chi connectivity index (χ4v) is 3.57. The van der Waals surface area contributed by atoms with E-state index >= 15 is 0 Å². The molecule has 0 aliphatic heterocycles. The van der Waals surface area contributed by atoms with Gasteiger partial charge in [-0.2, -0.15) is 0 Å². The lowest BCUT2D eigenvalue weighted by atomic mass is 9.98. The number of nitrogens with zero attached hydrogens (tertiary/aromatic N) is 1. The van der Waals surface area contributed by atoms with Crippen LogP contribution in [-0.2, 0) is 16.8 Å². The van der Waals surface area contributed by atoms with Gasteiger partial charge in [-0.15, -0.1) is 0 Å². The second-order valence-electron chi connectivity index (χ2n) is 7.19. The van der Waals surface area contributed by atoms with Crippen molar-refractivity contribution in [2.24, 2.45) is 0 Å². The van der Waals surface area contributed by atoms with Crippen LogP contribution in [0.15, 0.2) is 60.8 Å². The number of carbonyl (C=O) groups is 1. The van der Waals surface area contributed by atoms with Crippen molar-refractivity contribution in [2.75, 3.05) is 6.61 Å². The van der Waals surface area contributed by atoms with Crippen LogP contribution >= 0.6 is 0 Å². The monoisotopic (exact) mass is 424 g/mol. The predicted octanol–water partition coefficient (Wildman–Crippen LogP) is 3.55. The van der Waals surface area contributed by atoms with Crippen molar-refractivity contribution in [2.45, 2.75) is 25.6 Å². The number of nitrogens with one attached hydrogen (secondary N) is 1. The van der Waals surface area contributed by atoms with E-state index in [9.17, 15) is 18.7 Å². The van der Waals surface area contributed by atoms with Gasteiger partial charge in [-0.3, -0.25) is 9.78 Å². The van der Waals surface area contributed by atoms with Crippen molar-refractivity contribution >= 4 is 17.0 Å². The highest BCUT2D eigenvalue weighted by atomic mass is 32.2. The smallest absolute Gasteiger partial charge is 0.251 e. The summed E-state index contributed by atoms with van der Waals surface area (Å²) in [5.74, 6) is -0.459. The Bertz CT molecular complexity index is 1050. The average Bonchev–Trinajstić information content (AvgIpc) is 2.72. The van der Waals surface area contributed by atoms with E-state index in [4.69, 9.17) is 0 Å². The first-order valence-corrected chi connectivity index (χ1v) is 10.8. The highest BCUT2D eigenvalue weighted by molar-refractivity contribution is 7.78. The van der Waals surface area contributed by atoms with Gasteiger partial charge < -0.3 is 15.0 Å². The van der Waals surface area contributed by atoms with Gasteiger partial charge in [-0.05, 0) is 54.3 Å². The Hall–Kier alpha value is -2.87. The van der Waals surface area contributed by atoms with Gasteiger partial charge in [0.25, 0.3) is 5.91 Å². The summed E-state index contributed by atoms with van der Waals surface area (Å²) in [5, 5.41) is 12.6. The van der Waals surface area contributed by atoms with Gasteiger partial charge in [0.1, 0.15) is 0 Å². The zero-order valence-electron chi connectivity index (χ0n) is 16.8. The van der Waals surface area contributed by atoms with Crippen molar-refractivity contribution in [3.63, 3.8) is 0 Å².